The van der Waals surface area contributed by atoms with Crippen LogP contribution in [0.3, 0.4) is 0 Å². The molecule has 0 aromatic carbocycles. The number of rotatable bonds is 7. The predicted molar refractivity (Wildman–Crippen MR) is 78.6 cm³/mol. The van der Waals surface area contributed by atoms with Crippen molar-refractivity contribution in [3.8, 4) is 0 Å². The van der Waals surface area contributed by atoms with Crippen molar-refractivity contribution in [2.75, 3.05) is 20.1 Å². The molecule has 0 spiro atoms. The number of carboxylic acid groups (broad SMARTS) is 1. The van der Waals surface area contributed by atoms with Gasteiger partial charge >= 0.3 is 5.97 Å². The number of hydrogen-bond donors (Lipinski definition) is 2. The second-order valence-corrected chi connectivity index (χ2v) is 6.42. The molecule has 0 aromatic heterocycles. The SMILES string of the molecule is CC(C)CNC(=O)CN(C)C(=O)CC1(C(=O)O)CCCC1. The Hall–Kier alpha value is -1.59. The Bertz CT molecular complexity index is 400. The molecule has 2 amide bonds. The summed E-state index contributed by atoms with van der Waals surface area (Å²) in [5.41, 5.74) is -0.931. The van der Waals surface area contributed by atoms with Gasteiger partial charge in [0.25, 0.3) is 0 Å². The van der Waals surface area contributed by atoms with Gasteiger partial charge in [-0.05, 0) is 18.8 Å². The van der Waals surface area contributed by atoms with E-state index in [4.69, 9.17) is 0 Å². The number of nitrogens with one attached hydrogen (secondary N) is 1. The van der Waals surface area contributed by atoms with E-state index in [-0.39, 0.29) is 24.8 Å². The molecule has 0 radical (unpaired) electrons. The maximum atomic E-state index is 12.2. The van der Waals surface area contributed by atoms with Gasteiger partial charge < -0.3 is 15.3 Å². The number of hydrogen-bond acceptors (Lipinski definition) is 3. The summed E-state index contributed by atoms with van der Waals surface area (Å²) >= 11 is 0. The fourth-order valence-corrected chi connectivity index (χ4v) is 2.62. The highest BCUT2D eigenvalue weighted by atomic mass is 16.4. The number of nitrogens with zero attached hydrogens (tertiary/aromatic N) is 1. The third kappa shape index (κ3) is 5.02. The fraction of sp³-hybridized carbons (Fsp3) is 0.800. The predicted octanol–water partition coefficient (Wildman–Crippen LogP) is 1.25. The fourth-order valence-electron chi connectivity index (χ4n) is 2.62. The molecule has 1 fully saturated rings. The molecule has 0 aliphatic heterocycles. The number of carbonyl (C=O) groups excluding carboxylic acids is 2. The lowest BCUT2D eigenvalue weighted by Gasteiger charge is -2.26. The first-order valence-corrected chi connectivity index (χ1v) is 7.51. The minimum atomic E-state index is -0.931. The van der Waals surface area contributed by atoms with Gasteiger partial charge in [0, 0.05) is 20.0 Å². The van der Waals surface area contributed by atoms with Gasteiger partial charge in [-0.3, -0.25) is 14.4 Å². The van der Waals surface area contributed by atoms with Gasteiger partial charge in [0.05, 0.1) is 12.0 Å². The van der Waals surface area contributed by atoms with Gasteiger partial charge in [-0.25, -0.2) is 0 Å². The summed E-state index contributed by atoms with van der Waals surface area (Å²) < 4.78 is 0. The van der Waals surface area contributed by atoms with Gasteiger partial charge in [-0.15, -0.1) is 0 Å². The zero-order valence-electron chi connectivity index (χ0n) is 13.1. The first-order valence-electron chi connectivity index (χ1n) is 7.51. The summed E-state index contributed by atoms with van der Waals surface area (Å²) in [6.07, 6.45) is 2.76. The lowest BCUT2D eigenvalue weighted by atomic mass is 9.82. The third-order valence-electron chi connectivity index (χ3n) is 4.02. The second-order valence-electron chi connectivity index (χ2n) is 6.42. The first kappa shape index (κ1) is 17.5. The maximum Gasteiger partial charge on any atom is 0.310 e. The highest BCUT2D eigenvalue weighted by Gasteiger charge is 2.43. The summed E-state index contributed by atoms with van der Waals surface area (Å²) in [6.45, 7) is 4.53. The number of amides is 2. The Kier molecular flexibility index (Phi) is 6.18. The third-order valence-corrected chi connectivity index (χ3v) is 4.02. The van der Waals surface area contributed by atoms with Crippen molar-refractivity contribution in [3.63, 3.8) is 0 Å². The Morgan fingerprint density at radius 1 is 1.24 bits per heavy atom. The molecule has 0 bridgehead atoms. The normalized spacial score (nSPS) is 16.8. The maximum absolute atomic E-state index is 12.2. The summed E-state index contributed by atoms with van der Waals surface area (Å²) in [5.74, 6) is -1.04. The highest BCUT2D eigenvalue weighted by molar-refractivity contribution is 5.88. The molecule has 2 N–H and O–H groups in total. The molecular formula is C15H26N2O4. The monoisotopic (exact) mass is 298 g/mol. The molecule has 6 nitrogen and oxygen atoms in total. The Balaban J connectivity index is 2.50. The minimum absolute atomic E-state index is 0.0176. The van der Waals surface area contributed by atoms with Crippen LogP contribution in [0.15, 0.2) is 0 Å². The Morgan fingerprint density at radius 3 is 2.29 bits per heavy atom. The van der Waals surface area contributed by atoms with Crippen LogP contribution < -0.4 is 5.32 Å². The van der Waals surface area contributed by atoms with E-state index in [0.29, 0.717) is 25.3 Å². The Morgan fingerprint density at radius 2 is 1.81 bits per heavy atom. The average Bonchev–Trinajstić information content (AvgIpc) is 2.86. The van der Waals surface area contributed by atoms with Crippen LogP contribution in [0, 0.1) is 11.3 Å². The number of carboxylic acids is 1. The van der Waals surface area contributed by atoms with Crippen molar-refractivity contribution in [2.45, 2.75) is 46.0 Å². The van der Waals surface area contributed by atoms with Gasteiger partial charge in [-0.1, -0.05) is 26.7 Å². The van der Waals surface area contributed by atoms with Crippen molar-refractivity contribution >= 4 is 17.8 Å². The minimum Gasteiger partial charge on any atom is -0.481 e. The van der Waals surface area contributed by atoms with Crippen LogP contribution in [0.4, 0.5) is 0 Å². The zero-order chi connectivity index (χ0) is 16.0. The summed E-state index contributed by atoms with van der Waals surface area (Å²) in [4.78, 5) is 36.6. The summed E-state index contributed by atoms with van der Waals surface area (Å²) in [5, 5.41) is 12.1. The van der Waals surface area contributed by atoms with Crippen LogP contribution >= 0.6 is 0 Å². The van der Waals surface area contributed by atoms with Crippen molar-refractivity contribution in [2.24, 2.45) is 11.3 Å². The average molecular weight is 298 g/mol. The first-order chi connectivity index (χ1) is 9.77. The molecule has 1 aliphatic rings. The van der Waals surface area contributed by atoms with E-state index in [1.807, 2.05) is 13.8 Å². The summed E-state index contributed by atoms with van der Waals surface area (Å²) in [7, 11) is 1.54. The lowest BCUT2D eigenvalue weighted by Crippen LogP contribution is -2.42. The van der Waals surface area contributed by atoms with Crippen molar-refractivity contribution in [1.82, 2.24) is 10.2 Å². The molecule has 120 valence electrons. The van der Waals surface area contributed by atoms with Crippen molar-refractivity contribution in [1.29, 1.82) is 0 Å². The molecule has 1 saturated carbocycles. The van der Waals surface area contributed by atoms with E-state index in [0.717, 1.165) is 12.8 Å². The van der Waals surface area contributed by atoms with Gasteiger partial charge in [0.1, 0.15) is 0 Å². The molecular weight excluding hydrogens is 272 g/mol. The van der Waals surface area contributed by atoms with E-state index < -0.39 is 11.4 Å². The van der Waals surface area contributed by atoms with Gasteiger partial charge in [0.2, 0.25) is 11.8 Å². The van der Waals surface area contributed by atoms with Crippen molar-refractivity contribution in [3.05, 3.63) is 0 Å². The lowest BCUT2D eigenvalue weighted by molar-refractivity contribution is -0.153. The van der Waals surface area contributed by atoms with Crippen LogP contribution in [0.2, 0.25) is 0 Å². The van der Waals surface area contributed by atoms with Crippen LogP contribution in [-0.4, -0.2) is 47.9 Å². The van der Waals surface area contributed by atoms with E-state index in [1.165, 1.54) is 4.90 Å². The molecule has 21 heavy (non-hydrogen) atoms. The topological polar surface area (TPSA) is 86.7 Å². The molecule has 1 rings (SSSR count). The van der Waals surface area contributed by atoms with E-state index >= 15 is 0 Å². The number of carbonyl (C=O) groups is 3. The quantitative estimate of drug-likeness (QED) is 0.740. The van der Waals surface area contributed by atoms with Crippen LogP contribution in [0.5, 0.6) is 0 Å². The van der Waals surface area contributed by atoms with E-state index in [1.54, 1.807) is 7.05 Å². The van der Waals surface area contributed by atoms with E-state index in [9.17, 15) is 19.5 Å². The standard InChI is InChI=1S/C15H26N2O4/c1-11(2)9-16-12(18)10-17(3)13(19)8-15(14(20)21)6-4-5-7-15/h11H,4-10H2,1-3H3,(H,16,18)(H,20,21). The molecule has 0 aromatic rings. The van der Waals surface area contributed by atoms with Crippen LogP contribution in [0.1, 0.15) is 46.0 Å². The summed E-state index contributed by atoms with van der Waals surface area (Å²) in [6, 6.07) is 0. The van der Waals surface area contributed by atoms with Crippen LogP contribution in [0.25, 0.3) is 0 Å². The molecule has 0 unspecified atom stereocenters. The van der Waals surface area contributed by atoms with Gasteiger partial charge in [0.15, 0.2) is 0 Å². The second kappa shape index (κ2) is 7.43. The van der Waals surface area contributed by atoms with Gasteiger partial charge in [-0.2, -0.15) is 0 Å². The molecule has 0 heterocycles. The van der Waals surface area contributed by atoms with Crippen molar-refractivity contribution < 1.29 is 19.5 Å². The number of aliphatic carboxylic acids is 1. The largest absolute Gasteiger partial charge is 0.481 e. The molecule has 0 atom stereocenters. The highest BCUT2D eigenvalue weighted by Crippen LogP contribution is 2.41. The zero-order valence-corrected chi connectivity index (χ0v) is 13.1. The van der Waals surface area contributed by atoms with Crippen LogP contribution in [-0.2, 0) is 14.4 Å². The molecule has 1 aliphatic carbocycles. The number of likely N-dealkylation sites (N-methyl/N-ethyl adjacent to an activating group) is 1. The smallest absolute Gasteiger partial charge is 0.310 e. The Labute approximate surface area is 125 Å². The molecule has 0 saturated heterocycles. The van der Waals surface area contributed by atoms with E-state index in [2.05, 4.69) is 5.32 Å². The molecule has 6 heteroatoms.